The van der Waals surface area contributed by atoms with E-state index in [1.165, 1.54) is 12.1 Å². The van der Waals surface area contributed by atoms with Gasteiger partial charge in [-0.15, -0.1) is 0 Å². The number of rotatable bonds is 7. The molecule has 0 saturated carbocycles. The molecular weight excluding hydrogens is 606 g/mol. The van der Waals surface area contributed by atoms with Gasteiger partial charge in [-0.1, -0.05) is 39.8 Å². The zero-order valence-electron chi connectivity index (χ0n) is 20.9. The lowest BCUT2D eigenvalue weighted by molar-refractivity contribution is -0.384. The van der Waals surface area contributed by atoms with Crippen LogP contribution in [-0.4, -0.2) is 19.6 Å². The van der Waals surface area contributed by atoms with Gasteiger partial charge in [-0.3, -0.25) is 15.1 Å². The van der Waals surface area contributed by atoms with Crippen LogP contribution in [0.15, 0.2) is 130 Å². The van der Waals surface area contributed by atoms with Crippen LogP contribution in [-0.2, 0) is 0 Å². The molecule has 1 fully saturated rings. The number of nitro benzene ring substituents is 1. The normalized spacial score (nSPS) is 16.6. The van der Waals surface area contributed by atoms with Gasteiger partial charge in [0.05, 0.1) is 16.7 Å². The molecule has 3 aromatic carbocycles. The van der Waals surface area contributed by atoms with E-state index in [1.807, 2.05) is 42.5 Å². The predicted octanol–water partition coefficient (Wildman–Crippen LogP) is 7.87. The van der Waals surface area contributed by atoms with Crippen molar-refractivity contribution >= 4 is 56.4 Å². The summed E-state index contributed by atoms with van der Waals surface area (Å²) in [4.78, 5) is 19.3. The number of pyridine rings is 1. The fourth-order valence-corrected chi connectivity index (χ4v) is 6.43. The Balaban J connectivity index is 1.36. The van der Waals surface area contributed by atoms with E-state index in [1.54, 1.807) is 30.1 Å². The number of hydrogen-bond acceptors (Lipinski definition) is 5. The molecule has 6 rings (SSSR count). The van der Waals surface area contributed by atoms with Gasteiger partial charge < -0.3 is 14.8 Å². The van der Waals surface area contributed by atoms with Crippen LogP contribution in [0.3, 0.4) is 0 Å². The summed E-state index contributed by atoms with van der Waals surface area (Å²) in [6.45, 7) is 0. The van der Waals surface area contributed by atoms with Crippen LogP contribution >= 0.6 is 39.9 Å². The summed E-state index contributed by atoms with van der Waals surface area (Å²) >= 11 is 11.1. The average Bonchev–Trinajstić information content (AvgIpc) is 3.59. The highest BCUT2D eigenvalue weighted by molar-refractivity contribution is 9.10. The summed E-state index contributed by atoms with van der Waals surface area (Å²) < 4.78 is 3.19. The van der Waals surface area contributed by atoms with Crippen molar-refractivity contribution < 1.29 is 4.92 Å². The number of benzene rings is 3. The van der Waals surface area contributed by atoms with Crippen molar-refractivity contribution in [3.05, 3.63) is 141 Å². The molecule has 10 heteroatoms. The Bertz CT molecular complexity index is 1680. The Labute approximate surface area is 249 Å². The number of nitro groups is 1. The number of aromatic nitrogens is 2. The second kappa shape index (κ2) is 11.2. The largest absolute Gasteiger partial charge is 0.351 e. The number of nitrogens with one attached hydrogen (secondary N) is 1. The number of halogens is 1. The zero-order valence-corrected chi connectivity index (χ0v) is 24.1. The molecule has 40 heavy (non-hydrogen) atoms. The van der Waals surface area contributed by atoms with E-state index in [-0.39, 0.29) is 17.8 Å². The van der Waals surface area contributed by atoms with Gasteiger partial charge in [-0.05, 0) is 91.1 Å². The van der Waals surface area contributed by atoms with Crippen LogP contribution in [0.1, 0.15) is 23.5 Å². The molecule has 2 atom stereocenters. The van der Waals surface area contributed by atoms with Crippen LogP contribution in [0.2, 0.25) is 0 Å². The zero-order chi connectivity index (χ0) is 27.6. The molecule has 5 aromatic rings. The molecule has 2 unspecified atom stereocenters. The SMILES string of the molecule is O=[N+]([O-])c1ccc(Sc2ccc(N3C(=S)NC(c4ccccn4)C3c3cccn3-c3cccc(Br)c3)cc2)cc1. The van der Waals surface area contributed by atoms with Gasteiger partial charge in [-0.2, -0.15) is 0 Å². The van der Waals surface area contributed by atoms with Gasteiger partial charge in [0, 0.05) is 55.9 Å². The van der Waals surface area contributed by atoms with Crippen LogP contribution < -0.4 is 10.2 Å². The van der Waals surface area contributed by atoms with Crippen molar-refractivity contribution in [2.75, 3.05) is 4.90 Å². The highest BCUT2D eigenvalue weighted by Crippen LogP contribution is 2.43. The summed E-state index contributed by atoms with van der Waals surface area (Å²) in [7, 11) is 0. The Kier molecular flexibility index (Phi) is 7.38. The molecule has 2 aromatic heterocycles. The number of thiocarbonyl (C=S) groups is 1. The summed E-state index contributed by atoms with van der Waals surface area (Å²) in [5.74, 6) is 0. The van der Waals surface area contributed by atoms with E-state index in [2.05, 4.69) is 78.3 Å². The molecule has 0 amide bonds. The Morgan fingerprint density at radius 2 is 1.65 bits per heavy atom. The first-order valence-electron chi connectivity index (χ1n) is 12.4. The van der Waals surface area contributed by atoms with E-state index in [9.17, 15) is 10.1 Å². The van der Waals surface area contributed by atoms with Crippen LogP contribution in [0.4, 0.5) is 11.4 Å². The Morgan fingerprint density at radius 1 is 0.900 bits per heavy atom. The van der Waals surface area contributed by atoms with Crippen molar-refractivity contribution in [3.63, 3.8) is 0 Å². The predicted molar refractivity (Wildman–Crippen MR) is 165 cm³/mol. The first kappa shape index (κ1) is 26.2. The third kappa shape index (κ3) is 5.25. The van der Waals surface area contributed by atoms with Gasteiger partial charge in [-0.25, -0.2) is 0 Å². The molecule has 0 aliphatic carbocycles. The Morgan fingerprint density at radius 3 is 2.33 bits per heavy atom. The van der Waals surface area contributed by atoms with Gasteiger partial charge >= 0.3 is 0 Å². The fraction of sp³-hybridized carbons (Fsp3) is 0.0667. The fourth-order valence-electron chi connectivity index (χ4n) is 4.88. The molecule has 1 N–H and O–H groups in total. The van der Waals surface area contributed by atoms with Gasteiger partial charge in [0.1, 0.15) is 6.04 Å². The summed E-state index contributed by atoms with van der Waals surface area (Å²) in [6.07, 6.45) is 3.87. The molecule has 0 radical (unpaired) electrons. The van der Waals surface area contributed by atoms with E-state index in [4.69, 9.17) is 12.2 Å². The van der Waals surface area contributed by atoms with E-state index in [0.717, 1.165) is 37.0 Å². The maximum Gasteiger partial charge on any atom is 0.269 e. The average molecular weight is 629 g/mol. The highest BCUT2D eigenvalue weighted by Gasteiger charge is 2.42. The van der Waals surface area contributed by atoms with E-state index < -0.39 is 4.92 Å². The lowest BCUT2D eigenvalue weighted by Gasteiger charge is -2.29. The quantitative estimate of drug-likeness (QED) is 0.112. The first-order chi connectivity index (χ1) is 19.5. The second-order valence-corrected chi connectivity index (χ2v) is 11.6. The van der Waals surface area contributed by atoms with Crippen LogP contribution in [0.5, 0.6) is 0 Å². The third-order valence-electron chi connectivity index (χ3n) is 6.67. The molecule has 1 saturated heterocycles. The maximum absolute atomic E-state index is 11.0. The number of nitrogens with zero attached hydrogens (tertiary/aromatic N) is 4. The smallest absolute Gasteiger partial charge is 0.269 e. The summed E-state index contributed by atoms with van der Waals surface area (Å²) in [5.41, 5.74) is 4.06. The van der Waals surface area contributed by atoms with Crippen molar-refractivity contribution in [2.24, 2.45) is 0 Å². The van der Waals surface area contributed by atoms with Gasteiger partial charge in [0.2, 0.25) is 0 Å². The third-order valence-corrected chi connectivity index (χ3v) is 8.49. The standard InChI is InChI=1S/C30H22BrN5O2S2/c31-20-5-3-6-23(19-20)34-18-4-8-27(34)29-28(26-7-1-2-17-32-26)33-30(39)35(29)21-9-13-24(14-10-21)40-25-15-11-22(12-16-25)36(37)38/h1-19,28-29H,(H,33,39). The minimum atomic E-state index is -0.391. The van der Waals surface area contributed by atoms with Crippen LogP contribution in [0, 0.1) is 10.1 Å². The molecular formula is C30H22BrN5O2S2. The summed E-state index contributed by atoms with van der Waals surface area (Å²) in [5, 5.41) is 15.1. The molecule has 3 heterocycles. The monoisotopic (exact) mass is 627 g/mol. The molecule has 198 valence electrons. The van der Waals surface area contributed by atoms with Gasteiger partial charge in [0.15, 0.2) is 5.11 Å². The second-order valence-electron chi connectivity index (χ2n) is 9.13. The van der Waals surface area contributed by atoms with E-state index >= 15 is 0 Å². The Hall–Kier alpha value is -3.99. The number of anilines is 1. The van der Waals surface area contributed by atoms with Crippen molar-refractivity contribution in [1.29, 1.82) is 0 Å². The highest BCUT2D eigenvalue weighted by atomic mass is 79.9. The molecule has 0 spiro atoms. The maximum atomic E-state index is 11.0. The van der Waals surface area contributed by atoms with Crippen molar-refractivity contribution in [2.45, 2.75) is 21.9 Å². The number of non-ortho nitro benzene ring substituents is 1. The van der Waals surface area contributed by atoms with E-state index in [0.29, 0.717) is 5.11 Å². The van der Waals surface area contributed by atoms with Gasteiger partial charge in [0.25, 0.3) is 5.69 Å². The topological polar surface area (TPSA) is 76.2 Å². The van der Waals surface area contributed by atoms with Crippen molar-refractivity contribution in [1.82, 2.24) is 14.9 Å². The molecule has 0 bridgehead atoms. The van der Waals surface area contributed by atoms with Crippen molar-refractivity contribution in [3.8, 4) is 5.69 Å². The lowest BCUT2D eigenvalue weighted by Crippen LogP contribution is -2.30. The minimum absolute atomic E-state index is 0.0795. The molecule has 7 nitrogen and oxygen atoms in total. The lowest BCUT2D eigenvalue weighted by atomic mass is 10.0. The first-order valence-corrected chi connectivity index (χ1v) is 14.5. The summed E-state index contributed by atoms with van der Waals surface area (Å²) in [6, 6.07) is 32.8. The minimum Gasteiger partial charge on any atom is -0.351 e. The number of hydrogen-bond donors (Lipinski definition) is 1. The van der Waals surface area contributed by atoms with Crippen LogP contribution in [0.25, 0.3) is 5.69 Å². The molecule has 1 aliphatic rings. The molecule has 1 aliphatic heterocycles.